The van der Waals surface area contributed by atoms with Crippen molar-refractivity contribution < 1.29 is 18.0 Å². The molecule has 0 aliphatic heterocycles. The summed E-state index contributed by atoms with van der Waals surface area (Å²) < 4.78 is 26.5. The van der Waals surface area contributed by atoms with Crippen LogP contribution in [0.25, 0.3) is 0 Å². The van der Waals surface area contributed by atoms with Gasteiger partial charge in [0, 0.05) is 12.1 Å². The molecule has 8 heteroatoms. The third kappa shape index (κ3) is 8.09. The van der Waals surface area contributed by atoms with Gasteiger partial charge < -0.3 is 10.2 Å². The predicted molar refractivity (Wildman–Crippen MR) is 142 cm³/mol. The van der Waals surface area contributed by atoms with Gasteiger partial charge >= 0.3 is 0 Å². The highest BCUT2D eigenvalue weighted by atomic mass is 32.2. The quantitative estimate of drug-likeness (QED) is 0.532. The molecular weight excluding hydrogens is 462 g/mol. The van der Waals surface area contributed by atoms with Gasteiger partial charge in [-0.15, -0.1) is 0 Å². The molecule has 1 atom stereocenters. The van der Waals surface area contributed by atoms with Crippen LogP contribution in [0.3, 0.4) is 0 Å². The van der Waals surface area contributed by atoms with Gasteiger partial charge in [-0.25, -0.2) is 8.42 Å². The Kier molecular flexibility index (Phi) is 9.49. The molecule has 0 bridgehead atoms. The lowest BCUT2D eigenvalue weighted by atomic mass is 10.0. The van der Waals surface area contributed by atoms with E-state index in [0.29, 0.717) is 12.1 Å². The number of rotatable bonds is 10. The second-order valence-corrected chi connectivity index (χ2v) is 11.8. The van der Waals surface area contributed by atoms with Crippen LogP contribution in [0, 0.1) is 6.92 Å². The zero-order valence-corrected chi connectivity index (χ0v) is 22.8. The molecule has 0 aliphatic carbocycles. The number of carbonyl (C=O) groups excluding carboxylic acids is 2. The van der Waals surface area contributed by atoms with Crippen molar-refractivity contribution >= 4 is 27.5 Å². The molecule has 2 amide bonds. The van der Waals surface area contributed by atoms with Crippen molar-refractivity contribution in [1.82, 2.24) is 10.2 Å². The number of aryl methyl sites for hydroxylation is 2. The number of nitrogens with zero attached hydrogens (tertiary/aromatic N) is 2. The van der Waals surface area contributed by atoms with Crippen molar-refractivity contribution in [3.05, 3.63) is 65.2 Å². The molecule has 0 aromatic heterocycles. The molecule has 0 saturated heterocycles. The standard InChI is InChI=1S/C27H39N3O4S/c1-8-21-14-16-23(17-15-21)30(35(7,33)34)19-25(31)29(18-22-13-11-10-12-20(22)3)24(9-2)26(32)28-27(4,5)6/h10-17,24H,8-9,18-19H2,1-7H3,(H,28,32)/t24-/m1/s1. The first-order valence-electron chi connectivity index (χ1n) is 12.0. The second-order valence-electron chi connectivity index (χ2n) is 9.90. The number of anilines is 1. The first-order valence-corrected chi connectivity index (χ1v) is 13.8. The zero-order valence-electron chi connectivity index (χ0n) is 22.0. The van der Waals surface area contributed by atoms with Crippen molar-refractivity contribution in [2.24, 2.45) is 0 Å². The van der Waals surface area contributed by atoms with Crippen LogP contribution in [0.4, 0.5) is 5.69 Å². The van der Waals surface area contributed by atoms with E-state index in [9.17, 15) is 18.0 Å². The van der Waals surface area contributed by atoms with E-state index in [2.05, 4.69) is 5.32 Å². The average molecular weight is 502 g/mol. The van der Waals surface area contributed by atoms with Gasteiger partial charge in [-0.05, 0) is 69.4 Å². The number of carbonyl (C=O) groups is 2. The molecule has 0 unspecified atom stereocenters. The Morgan fingerprint density at radius 3 is 2.09 bits per heavy atom. The normalized spacial score (nSPS) is 12.7. The van der Waals surface area contributed by atoms with Gasteiger partial charge in [0.2, 0.25) is 21.8 Å². The van der Waals surface area contributed by atoms with Crippen LogP contribution in [-0.2, 0) is 32.6 Å². The Morgan fingerprint density at radius 2 is 1.60 bits per heavy atom. The summed E-state index contributed by atoms with van der Waals surface area (Å²) in [7, 11) is -3.74. The molecule has 7 nitrogen and oxygen atoms in total. The molecular formula is C27H39N3O4S. The number of benzene rings is 2. The summed E-state index contributed by atoms with van der Waals surface area (Å²) >= 11 is 0. The maximum absolute atomic E-state index is 13.7. The van der Waals surface area contributed by atoms with Crippen LogP contribution in [-0.4, -0.2) is 49.5 Å². The number of hydrogen-bond acceptors (Lipinski definition) is 4. The molecule has 0 heterocycles. The van der Waals surface area contributed by atoms with E-state index in [4.69, 9.17) is 0 Å². The van der Waals surface area contributed by atoms with E-state index in [1.165, 1.54) is 4.90 Å². The van der Waals surface area contributed by atoms with Crippen LogP contribution in [0.15, 0.2) is 48.5 Å². The fourth-order valence-electron chi connectivity index (χ4n) is 3.86. The first-order chi connectivity index (χ1) is 16.3. The van der Waals surface area contributed by atoms with Crippen LogP contribution < -0.4 is 9.62 Å². The predicted octanol–water partition coefficient (Wildman–Crippen LogP) is 4.05. The van der Waals surface area contributed by atoms with E-state index in [-0.39, 0.29) is 12.5 Å². The fourth-order valence-corrected chi connectivity index (χ4v) is 4.70. The third-order valence-electron chi connectivity index (χ3n) is 5.80. The first kappa shape index (κ1) is 28.4. The Bertz CT molecular complexity index is 1120. The van der Waals surface area contributed by atoms with Gasteiger partial charge in [-0.3, -0.25) is 13.9 Å². The van der Waals surface area contributed by atoms with Crippen LogP contribution in [0.1, 0.15) is 57.7 Å². The molecule has 1 N–H and O–H groups in total. The highest BCUT2D eigenvalue weighted by molar-refractivity contribution is 7.92. The van der Waals surface area contributed by atoms with Gasteiger partial charge in [0.25, 0.3) is 0 Å². The van der Waals surface area contributed by atoms with E-state index in [1.54, 1.807) is 12.1 Å². The minimum Gasteiger partial charge on any atom is -0.350 e. The molecule has 192 valence electrons. The van der Waals surface area contributed by atoms with Crippen molar-refractivity contribution in [3.63, 3.8) is 0 Å². The zero-order chi connectivity index (χ0) is 26.4. The maximum Gasteiger partial charge on any atom is 0.244 e. The van der Waals surface area contributed by atoms with Crippen LogP contribution in [0.2, 0.25) is 0 Å². The lowest BCUT2D eigenvalue weighted by Crippen LogP contribution is -2.55. The average Bonchev–Trinajstić information content (AvgIpc) is 2.76. The van der Waals surface area contributed by atoms with Gasteiger partial charge in [0.1, 0.15) is 12.6 Å². The van der Waals surface area contributed by atoms with E-state index >= 15 is 0 Å². The van der Waals surface area contributed by atoms with Gasteiger partial charge in [0.05, 0.1) is 11.9 Å². The van der Waals surface area contributed by atoms with Crippen molar-refractivity contribution in [2.45, 2.75) is 72.5 Å². The summed E-state index contributed by atoms with van der Waals surface area (Å²) in [6.07, 6.45) is 2.30. The molecule has 0 aliphatic rings. The van der Waals surface area contributed by atoms with Crippen LogP contribution in [0.5, 0.6) is 0 Å². The fraction of sp³-hybridized carbons (Fsp3) is 0.481. The second kappa shape index (κ2) is 11.7. The molecule has 2 aromatic carbocycles. The van der Waals surface area contributed by atoms with E-state index in [1.807, 2.05) is 77.9 Å². The molecule has 0 saturated carbocycles. The number of amides is 2. The Balaban J connectivity index is 2.46. The molecule has 2 aromatic rings. The lowest BCUT2D eigenvalue weighted by Gasteiger charge is -2.34. The SMILES string of the molecule is CCc1ccc(N(CC(=O)N(Cc2ccccc2C)[C@H](CC)C(=O)NC(C)(C)C)S(C)(=O)=O)cc1. The number of nitrogens with one attached hydrogen (secondary N) is 1. The van der Waals surface area contributed by atoms with Crippen molar-refractivity contribution in [1.29, 1.82) is 0 Å². The van der Waals surface area contributed by atoms with E-state index < -0.39 is 34.1 Å². The molecule has 0 spiro atoms. The van der Waals surface area contributed by atoms with E-state index in [0.717, 1.165) is 33.7 Å². The summed E-state index contributed by atoms with van der Waals surface area (Å²) in [5.41, 5.74) is 2.91. The Hall–Kier alpha value is -2.87. The minimum atomic E-state index is -3.74. The molecule has 35 heavy (non-hydrogen) atoms. The topological polar surface area (TPSA) is 86.8 Å². The Labute approximate surface area is 210 Å². The largest absolute Gasteiger partial charge is 0.350 e. The summed E-state index contributed by atoms with van der Waals surface area (Å²) in [6.45, 7) is 11.3. The summed E-state index contributed by atoms with van der Waals surface area (Å²) in [4.78, 5) is 28.4. The van der Waals surface area contributed by atoms with Gasteiger partial charge in [0.15, 0.2) is 0 Å². The number of sulfonamides is 1. The van der Waals surface area contributed by atoms with Gasteiger partial charge in [-0.2, -0.15) is 0 Å². The van der Waals surface area contributed by atoms with Crippen molar-refractivity contribution in [3.8, 4) is 0 Å². The molecule has 0 radical (unpaired) electrons. The summed E-state index contributed by atoms with van der Waals surface area (Å²) in [5.74, 6) is -0.700. The molecule has 0 fully saturated rings. The minimum absolute atomic E-state index is 0.202. The Morgan fingerprint density at radius 1 is 1.00 bits per heavy atom. The number of hydrogen-bond donors (Lipinski definition) is 1. The smallest absolute Gasteiger partial charge is 0.244 e. The molecule has 2 rings (SSSR count). The van der Waals surface area contributed by atoms with Crippen molar-refractivity contribution in [2.75, 3.05) is 17.1 Å². The maximum atomic E-state index is 13.7. The highest BCUT2D eigenvalue weighted by Gasteiger charge is 2.33. The lowest BCUT2D eigenvalue weighted by molar-refractivity contribution is -0.141. The third-order valence-corrected chi connectivity index (χ3v) is 6.94. The van der Waals surface area contributed by atoms with Gasteiger partial charge in [-0.1, -0.05) is 50.2 Å². The summed E-state index contributed by atoms with van der Waals surface area (Å²) in [5, 5.41) is 2.97. The monoisotopic (exact) mass is 501 g/mol. The highest BCUT2D eigenvalue weighted by Crippen LogP contribution is 2.21. The van der Waals surface area contributed by atoms with Crippen LogP contribution >= 0.6 is 0 Å². The summed E-state index contributed by atoms with van der Waals surface area (Å²) in [6, 6.07) is 14.1.